The van der Waals surface area contributed by atoms with Crippen LogP contribution in [0.1, 0.15) is 31.9 Å². The molecule has 0 fully saturated rings. The van der Waals surface area contributed by atoms with Crippen LogP contribution >= 0.6 is 0 Å². The van der Waals surface area contributed by atoms with Crippen LogP contribution in [0.4, 0.5) is 5.69 Å². The summed E-state index contributed by atoms with van der Waals surface area (Å²) in [6.07, 6.45) is 1.38. The molecule has 1 aromatic carbocycles. The average Bonchev–Trinajstić information content (AvgIpc) is 2.35. The van der Waals surface area contributed by atoms with Gasteiger partial charge in [0.2, 0.25) is 0 Å². The molecule has 0 aromatic heterocycles. The molecule has 0 saturated heterocycles. The second-order valence-corrected chi connectivity index (χ2v) is 5.24. The molecule has 0 unspecified atom stereocenters. The minimum atomic E-state index is 0.340. The van der Waals surface area contributed by atoms with E-state index in [0.29, 0.717) is 5.92 Å². The Morgan fingerprint density at radius 1 is 1.32 bits per heavy atom. The van der Waals surface area contributed by atoms with Gasteiger partial charge in [0.1, 0.15) is 0 Å². The van der Waals surface area contributed by atoms with Gasteiger partial charge in [0.15, 0.2) is 0 Å². The minimum Gasteiger partial charge on any atom is -0.358 e. The maximum absolute atomic E-state index is 7.59. The van der Waals surface area contributed by atoms with E-state index in [1.165, 1.54) is 17.3 Å². The molecule has 0 spiro atoms. The highest BCUT2D eigenvalue weighted by molar-refractivity contribution is 5.84. The van der Waals surface area contributed by atoms with Gasteiger partial charge < -0.3 is 10.7 Å². The molecule has 0 bridgehead atoms. The molecule has 2 N–H and O–H groups in total. The lowest BCUT2D eigenvalue weighted by Gasteiger charge is -2.17. The summed E-state index contributed by atoms with van der Waals surface area (Å²) in [7, 11) is 0. The van der Waals surface area contributed by atoms with E-state index >= 15 is 0 Å². The Hall–Kier alpha value is -1.83. The van der Waals surface area contributed by atoms with Crippen molar-refractivity contribution in [3.05, 3.63) is 52.7 Å². The molecule has 0 atom stereocenters. The Bertz CT molecular complexity index is 522. The van der Waals surface area contributed by atoms with Crippen LogP contribution in [0.15, 0.2) is 41.6 Å². The summed E-state index contributed by atoms with van der Waals surface area (Å²) in [6, 6.07) is 6.20. The molecular weight excluding hydrogens is 232 g/mol. The zero-order valence-corrected chi connectivity index (χ0v) is 12.6. The predicted octanol–water partition coefficient (Wildman–Crippen LogP) is 4.85. The van der Waals surface area contributed by atoms with Crippen LogP contribution in [0.25, 0.3) is 0 Å². The standard InChI is InChI=1S/C17H24N2/c1-11(2)13(4)16(10-18)15(6)19-17-9-7-8-12(3)14(17)5/h7-11,18-19H,4H2,1-3,5-6H3/b16-15+,18-10?. The lowest BCUT2D eigenvalue weighted by Crippen LogP contribution is -2.07. The van der Waals surface area contributed by atoms with Gasteiger partial charge >= 0.3 is 0 Å². The van der Waals surface area contributed by atoms with Crippen molar-refractivity contribution >= 4 is 11.9 Å². The topological polar surface area (TPSA) is 35.9 Å². The highest BCUT2D eigenvalue weighted by atomic mass is 14.9. The van der Waals surface area contributed by atoms with E-state index in [1.54, 1.807) is 0 Å². The first-order chi connectivity index (χ1) is 8.88. The number of nitrogens with one attached hydrogen (secondary N) is 2. The summed E-state index contributed by atoms with van der Waals surface area (Å²) in [5.74, 6) is 0.340. The van der Waals surface area contributed by atoms with E-state index in [9.17, 15) is 0 Å². The molecule has 102 valence electrons. The quantitative estimate of drug-likeness (QED) is 0.573. The number of aryl methyl sites for hydroxylation is 1. The lowest BCUT2D eigenvalue weighted by atomic mass is 9.96. The van der Waals surface area contributed by atoms with Crippen LogP contribution in [-0.4, -0.2) is 6.21 Å². The van der Waals surface area contributed by atoms with Crippen LogP contribution < -0.4 is 5.32 Å². The molecule has 0 aliphatic heterocycles. The van der Waals surface area contributed by atoms with Crippen molar-refractivity contribution in [1.82, 2.24) is 0 Å². The second kappa shape index (κ2) is 6.37. The van der Waals surface area contributed by atoms with Crippen molar-refractivity contribution in [1.29, 1.82) is 5.41 Å². The monoisotopic (exact) mass is 256 g/mol. The predicted molar refractivity (Wildman–Crippen MR) is 85.0 cm³/mol. The SMILES string of the molecule is C=C(/C(C=N)=C(\C)Nc1cccc(C)c1C)C(C)C. The van der Waals surface area contributed by atoms with Gasteiger partial charge in [-0.2, -0.15) is 0 Å². The van der Waals surface area contributed by atoms with Gasteiger partial charge in [-0.05, 0) is 49.5 Å². The Kier molecular flexibility index (Phi) is 5.11. The first kappa shape index (κ1) is 15.2. The first-order valence-electron chi connectivity index (χ1n) is 6.62. The van der Waals surface area contributed by atoms with Gasteiger partial charge in [-0.15, -0.1) is 0 Å². The van der Waals surface area contributed by atoms with Crippen LogP contribution in [-0.2, 0) is 0 Å². The summed E-state index contributed by atoms with van der Waals surface area (Å²) in [5.41, 5.74) is 6.44. The van der Waals surface area contributed by atoms with Crippen LogP contribution in [0.5, 0.6) is 0 Å². The molecule has 2 heteroatoms. The van der Waals surface area contributed by atoms with Gasteiger partial charge in [0, 0.05) is 23.2 Å². The maximum atomic E-state index is 7.59. The number of anilines is 1. The van der Waals surface area contributed by atoms with Gasteiger partial charge in [-0.3, -0.25) is 0 Å². The average molecular weight is 256 g/mol. The van der Waals surface area contributed by atoms with E-state index < -0.39 is 0 Å². The Labute approximate surface area is 116 Å². The molecule has 19 heavy (non-hydrogen) atoms. The van der Waals surface area contributed by atoms with Gasteiger partial charge in [0.25, 0.3) is 0 Å². The molecule has 0 radical (unpaired) electrons. The zero-order valence-electron chi connectivity index (χ0n) is 12.6. The van der Waals surface area contributed by atoms with Crippen LogP contribution in [0.2, 0.25) is 0 Å². The smallest absolute Gasteiger partial charge is 0.0414 e. The highest BCUT2D eigenvalue weighted by Gasteiger charge is 2.09. The molecule has 0 saturated carbocycles. The number of benzene rings is 1. The number of rotatable bonds is 5. The third-order valence-corrected chi connectivity index (χ3v) is 3.52. The largest absolute Gasteiger partial charge is 0.358 e. The molecule has 0 heterocycles. The van der Waals surface area contributed by atoms with Crippen molar-refractivity contribution < 1.29 is 0 Å². The molecule has 1 aromatic rings. The van der Waals surface area contributed by atoms with Crippen LogP contribution in [0.3, 0.4) is 0 Å². The second-order valence-electron chi connectivity index (χ2n) is 5.24. The normalized spacial score (nSPS) is 12.1. The molecule has 0 aliphatic rings. The van der Waals surface area contributed by atoms with Crippen molar-refractivity contribution in [2.75, 3.05) is 5.32 Å². The lowest BCUT2D eigenvalue weighted by molar-refractivity contribution is 0.787. The maximum Gasteiger partial charge on any atom is 0.0414 e. The number of hydrogen-bond acceptors (Lipinski definition) is 2. The van der Waals surface area contributed by atoms with Crippen molar-refractivity contribution in [2.45, 2.75) is 34.6 Å². The van der Waals surface area contributed by atoms with Crippen molar-refractivity contribution in [3.8, 4) is 0 Å². The molecule has 2 nitrogen and oxygen atoms in total. The zero-order chi connectivity index (χ0) is 14.6. The van der Waals surface area contributed by atoms with Crippen molar-refractivity contribution in [3.63, 3.8) is 0 Å². The van der Waals surface area contributed by atoms with E-state index in [4.69, 9.17) is 5.41 Å². The summed E-state index contributed by atoms with van der Waals surface area (Å²) in [5, 5.41) is 11.0. The Morgan fingerprint density at radius 2 is 1.95 bits per heavy atom. The molecule has 0 aliphatic carbocycles. The highest BCUT2D eigenvalue weighted by Crippen LogP contribution is 2.23. The Balaban J connectivity index is 3.12. The van der Waals surface area contributed by atoms with E-state index in [0.717, 1.165) is 22.5 Å². The minimum absolute atomic E-state index is 0.340. The fourth-order valence-corrected chi connectivity index (χ4v) is 1.91. The van der Waals surface area contributed by atoms with E-state index in [2.05, 4.69) is 51.7 Å². The third kappa shape index (κ3) is 3.57. The molecule has 0 amide bonds. The summed E-state index contributed by atoms with van der Waals surface area (Å²) in [6.45, 7) is 14.5. The summed E-state index contributed by atoms with van der Waals surface area (Å²) in [4.78, 5) is 0. The third-order valence-electron chi connectivity index (χ3n) is 3.52. The van der Waals surface area contributed by atoms with Crippen LogP contribution in [0, 0.1) is 25.2 Å². The van der Waals surface area contributed by atoms with Gasteiger partial charge in [-0.25, -0.2) is 0 Å². The van der Waals surface area contributed by atoms with E-state index in [-0.39, 0.29) is 0 Å². The molecular formula is C17H24N2. The molecule has 1 rings (SSSR count). The fourth-order valence-electron chi connectivity index (χ4n) is 1.91. The van der Waals surface area contributed by atoms with E-state index in [1.807, 2.05) is 13.0 Å². The fraction of sp³-hybridized carbons (Fsp3) is 0.353. The first-order valence-corrected chi connectivity index (χ1v) is 6.62. The summed E-state index contributed by atoms with van der Waals surface area (Å²) >= 11 is 0. The van der Waals surface area contributed by atoms with Gasteiger partial charge in [-0.1, -0.05) is 32.6 Å². The summed E-state index contributed by atoms with van der Waals surface area (Å²) < 4.78 is 0. The Morgan fingerprint density at radius 3 is 2.47 bits per heavy atom. The van der Waals surface area contributed by atoms with Crippen molar-refractivity contribution in [2.24, 2.45) is 5.92 Å². The number of allylic oxidation sites excluding steroid dienone is 3. The number of hydrogen-bond donors (Lipinski definition) is 2. The van der Waals surface area contributed by atoms with Gasteiger partial charge in [0.05, 0.1) is 0 Å².